The van der Waals surface area contributed by atoms with Crippen LogP contribution in [0.1, 0.15) is 47.3 Å². The van der Waals surface area contributed by atoms with Gasteiger partial charge in [0.25, 0.3) is 0 Å². The molecule has 0 bridgehead atoms. The molecule has 0 fully saturated rings. The first-order valence-electron chi connectivity index (χ1n) is 11.1. The zero-order chi connectivity index (χ0) is 25.6. The second kappa shape index (κ2) is 11.4. The molecule has 2 aromatic carbocycles. The quantitative estimate of drug-likeness (QED) is 0.228. The van der Waals surface area contributed by atoms with Crippen LogP contribution in [0.4, 0.5) is 13.2 Å². The lowest BCUT2D eigenvalue weighted by Gasteiger charge is -2.15. The van der Waals surface area contributed by atoms with Gasteiger partial charge in [0.1, 0.15) is 16.8 Å². The van der Waals surface area contributed by atoms with Crippen molar-refractivity contribution >= 4 is 17.5 Å². The van der Waals surface area contributed by atoms with Crippen molar-refractivity contribution in [2.24, 2.45) is 5.92 Å². The number of alkyl halides is 3. The van der Waals surface area contributed by atoms with Gasteiger partial charge in [-0.1, -0.05) is 55.9 Å². The number of hydrogen-bond acceptors (Lipinski definition) is 5. The molecule has 0 unspecified atom stereocenters. The van der Waals surface area contributed by atoms with Crippen molar-refractivity contribution in [3.63, 3.8) is 0 Å². The summed E-state index contributed by atoms with van der Waals surface area (Å²) in [5.74, 6) is 0.734. The van der Waals surface area contributed by atoms with E-state index in [-0.39, 0.29) is 22.3 Å². The number of aromatic nitrogens is 1. The van der Waals surface area contributed by atoms with Gasteiger partial charge in [0.05, 0.1) is 29.2 Å². The number of nitriles is 1. The normalized spacial score (nSPS) is 11.4. The van der Waals surface area contributed by atoms with Crippen LogP contribution in [0.5, 0.6) is 5.75 Å². The van der Waals surface area contributed by atoms with Gasteiger partial charge in [-0.2, -0.15) is 18.4 Å². The van der Waals surface area contributed by atoms with Crippen LogP contribution >= 0.6 is 11.8 Å². The minimum atomic E-state index is -4.75. The minimum absolute atomic E-state index is 0.0721. The maximum atomic E-state index is 13.8. The number of ketones is 1. The third-order valence-corrected chi connectivity index (χ3v) is 6.24. The van der Waals surface area contributed by atoms with Crippen LogP contribution in [0.15, 0.2) is 59.6 Å². The summed E-state index contributed by atoms with van der Waals surface area (Å²) in [6.07, 6.45) is -3.87. The number of Topliss-reactive ketones (excluding diaryl/α,β-unsaturated/α-hetero) is 1. The zero-order valence-electron chi connectivity index (χ0n) is 19.6. The monoisotopic (exact) mass is 498 g/mol. The maximum absolute atomic E-state index is 13.8. The van der Waals surface area contributed by atoms with Crippen molar-refractivity contribution in [1.29, 1.82) is 5.26 Å². The molecule has 0 aliphatic carbocycles. The fourth-order valence-corrected chi connectivity index (χ4v) is 4.22. The molecule has 0 aliphatic rings. The Hall–Kier alpha value is -3.31. The molecule has 182 valence electrons. The van der Waals surface area contributed by atoms with Gasteiger partial charge in [-0.05, 0) is 49.1 Å². The van der Waals surface area contributed by atoms with Crippen molar-refractivity contribution in [3.05, 3.63) is 76.9 Å². The van der Waals surface area contributed by atoms with Crippen molar-refractivity contribution in [1.82, 2.24) is 4.98 Å². The van der Waals surface area contributed by atoms with Gasteiger partial charge in [-0.25, -0.2) is 4.98 Å². The molecule has 0 N–H and O–H groups in total. The van der Waals surface area contributed by atoms with Crippen LogP contribution in [-0.4, -0.2) is 23.1 Å². The van der Waals surface area contributed by atoms with E-state index in [0.29, 0.717) is 29.4 Å². The van der Waals surface area contributed by atoms with Crippen LogP contribution in [0.3, 0.4) is 0 Å². The molecule has 1 heterocycles. The van der Waals surface area contributed by atoms with Gasteiger partial charge >= 0.3 is 6.18 Å². The Bertz CT molecular complexity index is 1240. The van der Waals surface area contributed by atoms with Crippen molar-refractivity contribution < 1.29 is 22.7 Å². The third-order valence-electron chi connectivity index (χ3n) is 5.26. The van der Waals surface area contributed by atoms with Crippen molar-refractivity contribution in [3.8, 4) is 23.1 Å². The van der Waals surface area contributed by atoms with Crippen LogP contribution < -0.4 is 4.74 Å². The highest BCUT2D eigenvalue weighted by Crippen LogP contribution is 2.38. The number of hydrogen-bond donors (Lipinski definition) is 0. The number of carbonyl (C=O) groups is 1. The summed E-state index contributed by atoms with van der Waals surface area (Å²) in [7, 11) is 0. The van der Waals surface area contributed by atoms with E-state index < -0.39 is 17.3 Å². The number of pyridine rings is 1. The SMILES string of the molecule is Cc1cc(-c2cc(C(F)(F)F)c(C#N)c(SCC(=O)c3ccccc3)n2)ccc1OCCC(C)C. The number of nitrogens with zero attached hydrogens (tertiary/aromatic N) is 2. The highest BCUT2D eigenvalue weighted by atomic mass is 32.2. The Kier molecular flexibility index (Phi) is 8.57. The maximum Gasteiger partial charge on any atom is 0.417 e. The molecule has 0 saturated carbocycles. The molecule has 1 aromatic heterocycles. The van der Waals surface area contributed by atoms with E-state index in [2.05, 4.69) is 18.8 Å². The number of halogens is 3. The van der Waals surface area contributed by atoms with Gasteiger partial charge in [-0.15, -0.1) is 0 Å². The molecule has 0 saturated heterocycles. The largest absolute Gasteiger partial charge is 0.493 e. The molecule has 0 atom stereocenters. The van der Waals surface area contributed by atoms with E-state index in [9.17, 15) is 23.2 Å². The summed E-state index contributed by atoms with van der Waals surface area (Å²) in [6, 6.07) is 16.0. The van der Waals surface area contributed by atoms with Crippen LogP contribution in [0.25, 0.3) is 11.3 Å². The zero-order valence-corrected chi connectivity index (χ0v) is 20.5. The highest BCUT2D eigenvalue weighted by Gasteiger charge is 2.36. The lowest BCUT2D eigenvalue weighted by Crippen LogP contribution is -2.11. The van der Waals surface area contributed by atoms with Gasteiger partial charge in [-0.3, -0.25) is 4.79 Å². The van der Waals surface area contributed by atoms with Gasteiger partial charge in [0, 0.05) is 11.1 Å². The van der Waals surface area contributed by atoms with E-state index in [1.165, 1.54) is 0 Å². The Morgan fingerprint density at radius 2 is 1.86 bits per heavy atom. The van der Waals surface area contributed by atoms with E-state index in [1.54, 1.807) is 54.6 Å². The first kappa shape index (κ1) is 26.3. The second-order valence-electron chi connectivity index (χ2n) is 8.43. The molecule has 3 aromatic rings. The highest BCUT2D eigenvalue weighted by molar-refractivity contribution is 8.00. The molecule has 8 heteroatoms. The molecule has 4 nitrogen and oxygen atoms in total. The van der Waals surface area contributed by atoms with Gasteiger partial charge in [0.2, 0.25) is 0 Å². The number of rotatable bonds is 9. The standard InChI is InChI=1S/C27H25F3N2O2S/c1-17(2)11-12-34-25-10-9-20(13-18(25)3)23-14-22(27(28,29)30)21(15-31)26(32-23)35-16-24(33)19-7-5-4-6-8-19/h4-10,13-14,17H,11-12,16H2,1-3H3. The Labute approximate surface area is 207 Å². The number of aryl methyl sites for hydroxylation is 1. The number of ether oxygens (including phenoxy) is 1. The first-order valence-corrected chi connectivity index (χ1v) is 12.1. The van der Waals surface area contributed by atoms with Crippen molar-refractivity contribution in [2.45, 2.75) is 38.4 Å². The predicted molar refractivity (Wildman–Crippen MR) is 131 cm³/mol. The molecule has 3 rings (SSSR count). The third kappa shape index (κ3) is 6.86. The van der Waals surface area contributed by atoms with E-state index >= 15 is 0 Å². The minimum Gasteiger partial charge on any atom is -0.493 e. The molecular weight excluding hydrogens is 473 g/mol. The molecule has 0 radical (unpaired) electrons. The summed E-state index contributed by atoms with van der Waals surface area (Å²) in [5.41, 5.74) is 0.0774. The Morgan fingerprint density at radius 1 is 1.14 bits per heavy atom. The fourth-order valence-electron chi connectivity index (χ4n) is 3.32. The molecule has 0 aliphatic heterocycles. The molecule has 0 spiro atoms. The summed E-state index contributed by atoms with van der Waals surface area (Å²) in [5, 5.41) is 9.38. The van der Waals surface area contributed by atoms with E-state index in [1.807, 2.05) is 6.92 Å². The number of thioether (sulfide) groups is 1. The lowest BCUT2D eigenvalue weighted by atomic mass is 10.0. The average Bonchev–Trinajstić information content (AvgIpc) is 2.82. The predicted octanol–water partition coefficient (Wildman–Crippen LogP) is 7.35. The molecular formula is C27H25F3N2O2S. The second-order valence-corrected chi connectivity index (χ2v) is 9.40. The lowest BCUT2D eigenvalue weighted by molar-refractivity contribution is -0.138. The molecule has 0 amide bonds. The summed E-state index contributed by atoms with van der Waals surface area (Å²) in [6.45, 7) is 6.55. The van der Waals surface area contributed by atoms with Gasteiger partial charge in [0.15, 0.2) is 5.78 Å². The van der Waals surface area contributed by atoms with Crippen LogP contribution in [0, 0.1) is 24.2 Å². The van der Waals surface area contributed by atoms with Crippen molar-refractivity contribution in [2.75, 3.05) is 12.4 Å². The van der Waals surface area contributed by atoms with Crippen LogP contribution in [-0.2, 0) is 6.18 Å². The summed E-state index contributed by atoms with van der Waals surface area (Å²) < 4.78 is 47.3. The summed E-state index contributed by atoms with van der Waals surface area (Å²) >= 11 is 0.827. The Morgan fingerprint density at radius 3 is 2.46 bits per heavy atom. The van der Waals surface area contributed by atoms with E-state index in [4.69, 9.17) is 4.74 Å². The Balaban J connectivity index is 1.95. The number of carbonyl (C=O) groups excluding carboxylic acids is 1. The van der Waals surface area contributed by atoms with E-state index in [0.717, 1.165) is 29.8 Å². The summed E-state index contributed by atoms with van der Waals surface area (Å²) in [4.78, 5) is 16.9. The molecule has 35 heavy (non-hydrogen) atoms. The smallest absolute Gasteiger partial charge is 0.417 e. The topological polar surface area (TPSA) is 63.0 Å². The number of benzene rings is 2. The first-order chi connectivity index (χ1) is 16.6. The van der Waals surface area contributed by atoms with Gasteiger partial charge < -0.3 is 4.74 Å². The fraction of sp³-hybridized carbons (Fsp3) is 0.296. The van der Waals surface area contributed by atoms with Crippen LogP contribution in [0.2, 0.25) is 0 Å². The average molecular weight is 499 g/mol.